The normalized spacial score (nSPS) is 23.1. The summed E-state index contributed by atoms with van der Waals surface area (Å²) in [4.78, 5) is 2.60. The van der Waals surface area contributed by atoms with Gasteiger partial charge in [-0.3, -0.25) is 0 Å². The molecule has 1 fully saturated rings. The first-order chi connectivity index (χ1) is 9.83. The van der Waals surface area contributed by atoms with Crippen molar-refractivity contribution in [2.75, 3.05) is 19.6 Å². The van der Waals surface area contributed by atoms with E-state index >= 15 is 0 Å². The molecule has 1 aromatic carbocycles. The molecule has 1 aliphatic carbocycles. The highest BCUT2D eigenvalue weighted by Gasteiger charge is 2.23. The molecule has 1 atom stereocenters. The van der Waals surface area contributed by atoms with Gasteiger partial charge in [0, 0.05) is 25.7 Å². The first kappa shape index (κ1) is 14.1. The van der Waals surface area contributed by atoms with Gasteiger partial charge in [0.05, 0.1) is 0 Å². The topological polar surface area (TPSA) is 29.3 Å². The molecule has 20 heavy (non-hydrogen) atoms. The minimum Gasteiger partial charge on any atom is -0.326 e. The maximum Gasteiger partial charge on any atom is 0.0196 e. The summed E-state index contributed by atoms with van der Waals surface area (Å²) in [5.41, 5.74) is 9.58. The van der Waals surface area contributed by atoms with Crippen LogP contribution in [0.15, 0.2) is 24.3 Å². The summed E-state index contributed by atoms with van der Waals surface area (Å²) in [6, 6.07) is 9.31. The molecule has 0 bridgehead atoms. The first-order valence-corrected chi connectivity index (χ1v) is 8.37. The van der Waals surface area contributed by atoms with E-state index in [1.165, 1.54) is 58.0 Å². The SMILES string of the molecule is NC(CN1CCc2ccccc2CC1)C1CCCCC1. The van der Waals surface area contributed by atoms with Gasteiger partial charge in [-0.15, -0.1) is 0 Å². The summed E-state index contributed by atoms with van der Waals surface area (Å²) in [7, 11) is 0. The molecule has 2 N–H and O–H groups in total. The Morgan fingerprint density at radius 3 is 2.20 bits per heavy atom. The summed E-state index contributed by atoms with van der Waals surface area (Å²) >= 11 is 0. The largest absolute Gasteiger partial charge is 0.326 e. The molecule has 1 saturated carbocycles. The lowest BCUT2D eigenvalue weighted by atomic mass is 9.84. The minimum absolute atomic E-state index is 0.386. The van der Waals surface area contributed by atoms with E-state index in [1.54, 1.807) is 11.1 Å². The van der Waals surface area contributed by atoms with Crippen molar-refractivity contribution in [3.63, 3.8) is 0 Å². The van der Waals surface area contributed by atoms with E-state index < -0.39 is 0 Å². The van der Waals surface area contributed by atoms with E-state index in [1.807, 2.05) is 0 Å². The zero-order chi connectivity index (χ0) is 13.8. The second kappa shape index (κ2) is 6.73. The monoisotopic (exact) mass is 272 g/mol. The number of hydrogen-bond donors (Lipinski definition) is 1. The zero-order valence-corrected chi connectivity index (χ0v) is 12.6. The third-order valence-corrected chi connectivity index (χ3v) is 5.24. The lowest BCUT2D eigenvalue weighted by Crippen LogP contribution is -2.43. The minimum atomic E-state index is 0.386. The van der Waals surface area contributed by atoms with Crippen molar-refractivity contribution < 1.29 is 0 Å². The van der Waals surface area contributed by atoms with Crippen LogP contribution in [0.4, 0.5) is 0 Å². The van der Waals surface area contributed by atoms with Crippen molar-refractivity contribution in [1.82, 2.24) is 4.90 Å². The highest BCUT2D eigenvalue weighted by atomic mass is 15.1. The number of nitrogens with zero attached hydrogens (tertiary/aromatic N) is 1. The smallest absolute Gasteiger partial charge is 0.0196 e. The molecule has 2 nitrogen and oxygen atoms in total. The van der Waals surface area contributed by atoms with E-state index in [2.05, 4.69) is 29.2 Å². The standard InChI is InChI=1S/C18H28N2/c19-18(17-8-2-1-3-9-17)14-20-12-10-15-6-4-5-7-16(15)11-13-20/h4-7,17-18H,1-3,8-14,19H2. The lowest BCUT2D eigenvalue weighted by Gasteiger charge is -2.31. The van der Waals surface area contributed by atoms with Gasteiger partial charge >= 0.3 is 0 Å². The first-order valence-electron chi connectivity index (χ1n) is 8.37. The number of rotatable bonds is 3. The Morgan fingerprint density at radius 2 is 1.60 bits per heavy atom. The molecule has 2 heteroatoms. The van der Waals surface area contributed by atoms with Crippen LogP contribution in [-0.2, 0) is 12.8 Å². The van der Waals surface area contributed by atoms with Crippen molar-refractivity contribution >= 4 is 0 Å². The van der Waals surface area contributed by atoms with Crippen LogP contribution in [-0.4, -0.2) is 30.6 Å². The fourth-order valence-corrected chi connectivity index (χ4v) is 3.91. The maximum absolute atomic E-state index is 6.49. The van der Waals surface area contributed by atoms with E-state index in [-0.39, 0.29) is 0 Å². The van der Waals surface area contributed by atoms with E-state index in [9.17, 15) is 0 Å². The Labute approximate surface area is 123 Å². The fraction of sp³-hybridized carbons (Fsp3) is 0.667. The van der Waals surface area contributed by atoms with Crippen LogP contribution in [0.25, 0.3) is 0 Å². The molecule has 1 heterocycles. The molecule has 3 rings (SSSR count). The Balaban J connectivity index is 1.54. The predicted octanol–water partition coefficient (Wildman–Crippen LogP) is 2.99. The van der Waals surface area contributed by atoms with Gasteiger partial charge in [0.25, 0.3) is 0 Å². The van der Waals surface area contributed by atoms with E-state index in [4.69, 9.17) is 5.73 Å². The van der Waals surface area contributed by atoms with Crippen LogP contribution in [0.5, 0.6) is 0 Å². The second-order valence-electron chi connectivity index (χ2n) is 6.63. The number of nitrogens with two attached hydrogens (primary N) is 1. The van der Waals surface area contributed by atoms with E-state index in [0.717, 1.165) is 12.5 Å². The summed E-state index contributed by atoms with van der Waals surface area (Å²) < 4.78 is 0. The Kier molecular flexibility index (Phi) is 4.74. The van der Waals surface area contributed by atoms with Crippen LogP contribution in [0.2, 0.25) is 0 Å². The average Bonchev–Trinajstić information content (AvgIpc) is 2.71. The van der Waals surface area contributed by atoms with Gasteiger partial charge in [-0.05, 0) is 42.7 Å². The summed E-state index contributed by atoms with van der Waals surface area (Å²) in [5.74, 6) is 0.773. The zero-order valence-electron chi connectivity index (χ0n) is 12.6. The number of hydrogen-bond acceptors (Lipinski definition) is 2. The molecule has 1 unspecified atom stereocenters. The molecule has 0 saturated heterocycles. The molecule has 2 aliphatic rings. The van der Waals surface area contributed by atoms with Crippen molar-refractivity contribution in [2.24, 2.45) is 11.7 Å². The number of fused-ring (bicyclic) bond motifs is 1. The Morgan fingerprint density at radius 1 is 1.00 bits per heavy atom. The Hall–Kier alpha value is -0.860. The van der Waals surface area contributed by atoms with Gasteiger partial charge in [-0.2, -0.15) is 0 Å². The van der Waals surface area contributed by atoms with Crippen LogP contribution in [0, 0.1) is 5.92 Å². The maximum atomic E-state index is 6.49. The molecule has 1 aromatic rings. The van der Waals surface area contributed by atoms with Crippen LogP contribution in [0.3, 0.4) is 0 Å². The fourth-order valence-electron chi connectivity index (χ4n) is 3.91. The number of benzene rings is 1. The summed E-state index contributed by atoms with van der Waals surface area (Å²) in [5, 5.41) is 0. The van der Waals surface area contributed by atoms with Crippen LogP contribution < -0.4 is 5.73 Å². The molecule has 0 aromatic heterocycles. The van der Waals surface area contributed by atoms with Crippen molar-refractivity contribution in [2.45, 2.75) is 51.0 Å². The van der Waals surface area contributed by atoms with Gasteiger partial charge in [0.2, 0.25) is 0 Å². The third-order valence-electron chi connectivity index (χ3n) is 5.24. The van der Waals surface area contributed by atoms with Gasteiger partial charge in [0.15, 0.2) is 0 Å². The van der Waals surface area contributed by atoms with E-state index in [0.29, 0.717) is 6.04 Å². The van der Waals surface area contributed by atoms with Gasteiger partial charge < -0.3 is 10.6 Å². The van der Waals surface area contributed by atoms with Gasteiger partial charge in [-0.25, -0.2) is 0 Å². The van der Waals surface area contributed by atoms with Crippen LogP contribution >= 0.6 is 0 Å². The average molecular weight is 272 g/mol. The molecular formula is C18H28N2. The molecular weight excluding hydrogens is 244 g/mol. The van der Waals surface area contributed by atoms with Crippen LogP contribution in [0.1, 0.15) is 43.2 Å². The summed E-state index contributed by atoms with van der Waals surface area (Å²) in [6.45, 7) is 3.45. The molecule has 110 valence electrons. The molecule has 1 aliphatic heterocycles. The van der Waals surface area contributed by atoms with Crippen molar-refractivity contribution in [3.05, 3.63) is 35.4 Å². The highest BCUT2D eigenvalue weighted by Crippen LogP contribution is 2.26. The van der Waals surface area contributed by atoms with Crippen molar-refractivity contribution in [3.8, 4) is 0 Å². The highest BCUT2D eigenvalue weighted by molar-refractivity contribution is 5.28. The summed E-state index contributed by atoms with van der Waals surface area (Å²) in [6.07, 6.45) is 9.29. The van der Waals surface area contributed by atoms with Gasteiger partial charge in [-0.1, -0.05) is 43.5 Å². The predicted molar refractivity (Wildman–Crippen MR) is 84.8 cm³/mol. The Bertz CT molecular complexity index is 396. The quantitative estimate of drug-likeness (QED) is 0.916. The molecule has 0 radical (unpaired) electrons. The molecule has 0 spiro atoms. The van der Waals surface area contributed by atoms with Gasteiger partial charge in [0.1, 0.15) is 0 Å². The third kappa shape index (κ3) is 3.42. The lowest BCUT2D eigenvalue weighted by molar-refractivity contribution is 0.212. The van der Waals surface area contributed by atoms with Crippen molar-refractivity contribution in [1.29, 1.82) is 0 Å². The molecule has 0 amide bonds. The second-order valence-corrected chi connectivity index (χ2v) is 6.63.